The number of thiophene rings is 1. The van der Waals surface area contributed by atoms with E-state index in [1.54, 1.807) is 17.4 Å². The molecule has 5 heteroatoms. The molecule has 0 spiro atoms. The fourth-order valence-corrected chi connectivity index (χ4v) is 3.09. The minimum atomic E-state index is -0.295. The van der Waals surface area contributed by atoms with Crippen LogP contribution in [0.2, 0.25) is 5.02 Å². The molecule has 0 fully saturated rings. The highest BCUT2D eigenvalue weighted by molar-refractivity contribution is 9.10. The zero-order valence-corrected chi connectivity index (χ0v) is 12.2. The van der Waals surface area contributed by atoms with Crippen molar-refractivity contribution < 1.29 is 4.39 Å². The molecule has 1 N–H and O–H groups in total. The van der Waals surface area contributed by atoms with Gasteiger partial charge in [-0.05, 0) is 47.1 Å². The molecule has 2 rings (SSSR count). The van der Waals surface area contributed by atoms with Gasteiger partial charge in [-0.25, -0.2) is 4.39 Å². The van der Waals surface area contributed by atoms with Crippen LogP contribution in [-0.4, -0.2) is 0 Å². The van der Waals surface area contributed by atoms with Crippen LogP contribution in [0.3, 0.4) is 0 Å². The van der Waals surface area contributed by atoms with Crippen molar-refractivity contribution in [3.63, 3.8) is 0 Å². The van der Waals surface area contributed by atoms with Gasteiger partial charge in [0.25, 0.3) is 0 Å². The molecule has 0 aliphatic carbocycles. The number of nitrogens with one attached hydrogen (secondary N) is 1. The molecule has 0 amide bonds. The smallest absolute Gasteiger partial charge is 0.146 e. The van der Waals surface area contributed by atoms with E-state index >= 15 is 0 Å². The number of rotatable bonds is 3. The van der Waals surface area contributed by atoms with Crippen molar-refractivity contribution in [3.05, 3.63) is 49.8 Å². The molecule has 0 saturated carbocycles. The second kappa shape index (κ2) is 5.38. The van der Waals surface area contributed by atoms with Crippen molar-refractivity contribution in [2.45, 2.75) is 13.0 Å². The second-order valence-electron chi connectivity index (χ2n) is 3.66. The first-order chi connectivity index (χ1) is 8.06. The largest absolute Gasteiger partial charge is 0.375 e. The van der Waals surface area contributed by atoms with E-state index in [9.17, 15) is 4.39 Å². The maximum absolute atomic E-state index is 13.5. The molecule has 1 aromatic carbocycles. The maximum atomic E-state index is 13.5. The van der Waals surface area contributed by atoms with E-state index in [-0.39, 0.29) is 11.9 Å². The fraction of sp³-hybridized carbons (Fsp3) is 0.167. The summed E-state index contributed by atoms with van der Waals surface area (Å²) in [6.45, 7) is 1.98. The lowest BCUT2D eigenvalue weighted by atomic mass is 10.2. The lowest BCUT2D eigenvalue weighted by Crippen LogP contribution is -2.06. The molecule has 90 valence electrons. The van der Waals surface area contributed by atoms with Crippen LogP contribution in [0, 0.1) is 5.82 Å². The van der Waals surface area contributed by atoms with Crippen LogP contribution in [0.1, 0.15) is 17.8 Å². The monoisotopic (exact) mass is 333 g/mol. The topological polar surface area (TPSA) is 12.0 Å². The molecular formula is C12H10BrClFNS. The van der Waals surface area contributed by atoms with Gasteiger partial charge in [-0.1, -0.05) is 11.6 Å². The number of anilines is 1. The molecule has 1 unspecified atom stereocenters. The number of hydrogen-bond acceptors (Lipinski definition) is 2. The Morgan fingerprint density at radius 3 is 2.82 bits per heavy atom. The van der Waals surface area contributed by atoms with Crippen LogP contribution >= 0.6 is 38.9 Å². The van der Waals surface area contributed by atoms with Crippen LogP contribution in [-0.2, 0) is 0 Å². The Morgan fingerprint density at radius 2 is 2.18 bits per heavy atom. The predicted octanol–water partition coefficient (Wildman–Crippen LogP) is 5.48. The van der Waals surface area contributed by atoms with Crippen LogP contribution in [0.25, 0.3) is 0 Å². The third-order valence-electron chi connectivity index (χ3n) is 2.31. The van der Waals surface area contributed by atoms with E-state index in [2.05, 4.69) is 21.2 Å². The van der Waals surface area contributed by atoms with Gasteiger partial charge in [0.1, 0.15) is 5.82 Å². The Hall–Kier alpha value is -0.580. The molecule has 17 heavy (non-hydrogen) atoms. The summed E-state index contributed by atoms with van der Waals surface area (Å²) >= 11 is 10.9. The van der Waals surface area contributed by atoms with E-state index in [1.807, 2.05) is 18.4 Å². The van der Waals surface area contributed by atoms with Gasteiger partial charge in [-0.3, -0.25) is 0 Å². The Kier molecular flexibility index (Phi) is 4.07. The zero-order valence-electron chi connectivity index (χ0n) is 9.01. The van der Waals surface area contributed by atoms with Crippen molar-refractivity contribution in [3.8, 4) is 0 Å². The molecule has 1 nitrogen and oxygen atoms in total. The van der Waals surface area contributed by atoms with Crippen molar-refractivity contribution in [1.82, 2.24) is 0 Å². The van der Waals surface area contributed by atoms with Crippen LogP contribution < -0.4 is 5.32 Å². The van der Waals surface area contributed by atoms with E-state index in [0.717, 1.165) is 9.35 Å². The van der Waals surface area contributed by atoms with Crippen molar-refractivity contribution in [1.29, 1.82) is 0 Å². The number of halogens is 3. The highest BCUT2D eigenvalue weighted by Gasteiger charge is 2.10. The molecule has 0 aliphatic rings. The molecule has 2 aromatic rings. The Bertz CT molecular complexity index is 529. The zero-order chi connectivity index (χ0) is 12.4. The summed E-state index contributed by atoms with van der Waals surface area (Å²) in [5.74, 6) is -0.295. The summed E-state index contributed by atoms with van der Waals surface area (Å²) in [4.78, 5) is 1.14. The van der Waals surface area contributed by atoms with E-state index < -0.39 is 0 Å². The minimum absolute atomic E-state index is 0.0410. The number of benzene rings is 1. The van der Waals surface area contributed by atoms with Crippen LogP contribution in [0.5, 0.6) is 0 Å². The van der Waals surface area contributed by atoms with Gasteiger partial charge >= 0.3 is 0 Å². The third-order valence-corrected chi connectivity index (χ3v) is 4.43. The van der Waals surface area contributed by atoms with Crippen LogP contribution in [0.15, 0.2) is 34.1 Å². The molecule has 1 atom stereocenters. The standard InChI is InChI=1S/C12H10BrClFNS/c1-7(12-4-8(13)6-17-12)16-11-5-9(14)2-3-10(11)15/h2-7,16H,1H3. The third kappa shape index (κ3) is 3.21. The molecule has 0 aliphatic heterocycles. The summed E-state index contributed by atoms with van der Waals surface area (Å²) < 4.78 is 14.6. The summed E-state index contributed by atoms with van der Waals surface area (Å²) in [5.41, 5.74) is 0.425. The SMILES string of the molecule is CC(Nc1cc(Cl)ccc1F)c1cc(Br)cs1. The van der Waals surface area contributed by atoms with Gasteiger partial charge in [0.05, 0.1) is 11.7 Å². The number of hydrogen-bond donors (Lipinski definition) is 1. The van der Waals surface area contributed by atoms with Crippen LogP contribution in [0.4, 0.5) is 10.1 Å². The first kappa shape index (κ1) is 12.9. The molecular weight excluding hydrogens is 325 g/mol. The van der Waals surface area contributed by atoms with Crippen molar-refractivity contribution in [2.24, 2.45) is 0 Å². The van der Waals surface area contributed by atoms with E-state index in [1.165, 1.54) is 12.1 Å². The summed E-state index contributed by atoms with van der Waals surface area (Å²) in [7, 11) is 0. The fourth-order valence-electron chi connectivity index (χ4n) is 1.47. The maximum Gasteiger partial charge on any atom is 0.146 e. The van der Waals surface area contributed by atoms with E-state index in [4.69, 9.17) is 11.6 Å². The van der Waals surface area contributed by atoms with E-state index in [0.29, 0.717) is 10.7 Å². The van der Waals surface area contributed by atoms with Gasteiger partial charge in [0.15, 0.2) is 0 Å². The minimum Gasteiger partial charge on any atom is -0.375 e. The summed E-state index contributed by atoms with van der Waals surface area (Å²) in [6.07, 6.45) is 0. The van der Waals surface area contributed by atoms with Gasteiger partial charge in [-0.15, -0.1) is 11.3 Å². The van der Waals surface area contributed by atoms with Gasteiger partial charge in [0.2, 0.25) is 0 Å². The first-order valence-electron chi connectivity index (χ1n) is 5.02. The average molecular weight is 335 g/mol. The Balaban J connectivity index is 2.18. The average Bonchev–Trinajstić information content (AvgIpc) is 2.70. The molecule has 0 saturated heterocycles. The molecule has 0 radical (unpaired) electrons. The molecule has 1 heterocycles. The highest BCUT2D eigenvalue weighted by Crippen LogP contribution is 2.29. The normalized spacial score (nSPS) is 12.5. The van der Waals surface area contributed by atoms with Crippen molar-refractivity contribution in [2.75, 3.05) is 5.32 Å². The Morgan fingerprint density at radius 1 is 1.41 bits per heavy atom. The summed E-state index contributed by atoms with van der Waals surface area (Å²) in [5, 5.41) is 5.63. The Labute approximate surface area is 117 Å². The molecule has 1 aromatic heterocycles. The second-order valence-corrected chi connectivity index (χ2v) is 5.95. The summed E-state index contributed by atoms with van der Waals surface area (Å²) in [6, 6.07) is 6.55. The quantitative estimate of drug-likeness (QED) is 0.784. The van der Waals surface area contributed by atoms with Gasteiger partial charge < -0.3 is 5.32 Å². The van der Waals surface area contributed by atoms with Crippen molar-refractivity contribution >= 4 is 44.6 Å². The van der Waals surface area contributed by atoms with Gasteiger partial charge in [-0.2, -0.15) is 0 Å². The molecule has 0 bridgehead atoms. The first-order valence-corrected chi connectivity index (χ1v) is 7.07. The lowest BCUT2D eigenvalue weighted by molar-refractivity contribution is 0.628. The highest BCUT2D eigenvalue weighted by atomic mass is 79.9. The predicted molar refractivity (Wildman–Crippen MR) is 75.5 cm³/mol. The lowest BCUT2D eigenvalue weighted by Gasteiger charge is -2.14. The van der Waals surface area contributed by atoms with Gasteiger partial charge in [0, 0.05) is 19.8 Å².